The van der Waals surface area contributed by atoms with Crippen LogP contribution in [0.2, 0.25) is 0 Å². The SMILES string of the molecule is C=C(CC(C)C)C(=O)OC(CC)(CC)C1CCCCC1. The van der Waals surface area contributed by atoms with E-state index in [1.165, 1.54) is 32.1 Å². The predicted octanol–water partition coefficient (Wildman–Crippen LogP) is 5.27. The molecule has 0 aromatic carbocycles. The van der Waals surface area contributed by atoms with Crippen molar-refractivity contribution >= 4 is 5.97 Å². The molecule has 0 unspecified atom stereocenters. The standard InChI is InChI=1S/C18H32O2/c1-6-18(7-2,16-11-9-8-10-12-16)20-17(19)15(5)13-14(3)4/h14,16H,5-13H2,1-4H3. The second-order valence-electron chi connectivity index (χ2n) is 6.70. The topological polar surface area (TPSA) is 26.3 Å². The molecule has 0 amide bonds. The molecule has 0 heterocycles. The summed E-state index contributed by atoms with van der Waals surface area (Å²) in [6.45, 7) is 12.4. The summed E-state index contributed by atoms with van der Waals surface area (Å²) in [5, 5.41) is 0. The highest BCUT2D eigenvalue weighted by atomic mass is 16.6. The first-order valence-corrected chi connectivity index (χ1v) is 8.36. The molecule has 20 heavy (non-hydrogen) atoms. The molecule has 2 nitrogen and oxygen atoms in total. The fourth-order valence-corrected chi connectivity index (χ4v) is 3.52. The van der Waals surface area contributed by atoms with Crippen molar-refractivity contribution < 1.29 is 9.53 Å². The third kappa shape index (κ3) is 4.36. The van der Waals surface area contributed by atoms with Gasteiger partial charge in [0.05, 0.1) is 0 Å². The molecule has 0 spiro atoms. The van der Waals surface area contributed by atoms with E-state index in [4.69, 9.17) is 4.74 Å². The molecule has 0 aromatic heterocycles. The van der Waals surface area contributed by atoms with Crippen LogP contribution in [0.1, 0.15) is 79.1 Å². The fraction of sp³-hybridized carbons (Fsp3) is 0.833. The van der Waals surface area contributed by atoms with Crippen LogP contribution in [-0.2, 0) is 9.53 Å². The van der Waals surface area contributed by atoms with Crippen molar-refractivity contribution in [2.45, 2.75) is 84.7 Å². The highest BCUT2D eigenvalue weighted by molar-refractivity contribution is 5.88. The Hall–Kier alpha value is -0.790. The molecule has 0 radical (unpaired) electrons. The molecular formula is C18H32O2. The summed E-state index contributed by atoms with van der Waals surface area (Å²) < 4.78 is 6.00. The molecule has 1 fully saturated rings. The average Bonchev–Trinajstić information content (AvgIpc) is 2.45. The van der Waals surface area contributed by atoms with Gasteiger partial charge in [0.25, 0.3) is 0 Å². The van der Waals surface area contributed by atoms with Crippen molar-refractivity contribution in [2.75, 3.05) is 0 Å². The zero-order chi connectivity index (χ0) is 15.2. The Kier molecular flexibility index (Phi) is 6.78. The third-order valence-electron chi connectivity index (χ3n) is 4.79. The lowest BCUT2D eigenvalue weighted by molar-refractivity contribution is -0.165. The molecule has 1 aliphatic carbocycles. The molecule has 0 aromatic rings. The number of carbonyl (C=O) groups excluding carboxylic acids is 1. The van der Waals surface area contributed by atoms with Crippen LogP contribution in [0.5, 0.6) is 0 Å². The van der Waals surface area contributed by atoms with Crippen molar-refractivity contribution in [2.24, 2.45) is 11.8 Å². The maximum absolute atomic E-state index is 12.3. The van der Waals surface area contributed by atoms with E-state index < -0.39 is 0 Å². The maximum Gasteiger partial charge on any atom is 0.333 e. The van der Waals surface area contributed by atoms with E-state index in [1.807, 2.05) is 0 Å². The van der Waals surface area contributed by atoms with E-state index in [9.17, 15) is 4.79 Å². The molecular weight excluding hydrogens is 248 g/mol. The zero-order valence-electron chi connectivity index (χ0n) is 13.8. The van der Waals surface area contributed by atoms with E-state index >= 15 is 0 Å². The zero-order valence-corrected chi connectivity index (χ0v) is 13.8. The van der Waals surface area contributed by atoms with E-state index in [2.05, 4.69) is 34.3 Å². The van der Waals surface area contributed by atoms with Gasteiger partial charge < -0.3 is 4.74 Å². The fourth-order valence-electron chi connectivity index (χ4n) is 3.52. The summed E-state index contributed by atoms with van der Waals surface area (Å²) >= 11 is 0. The molecule has 1 saturated carbocycles. The van der Waals surface area contributed by atoms with Gasteiger partial charge in [-0.25, -0.2) is 4.79 Å². The maximum atomic E-state index is 12.3. The first kappa shape index (κ1) is 17.3. The minimum absolute atomic E-state index is 0.173. The lowest BCUT2D eigenvalue weighted by Crippen LogP contribution is -2.43. The van der Waals surface area contributed by atoms with Crippen LogP contribution in [0, 0.1) is 11.8 Å². The van der Waals surface area contributed by atoms with Gasteiger partial charge in [0, 0.05) is 5.57 Å². The molecule has 1 aliphatic rings. The first-order valence-electron chi connectivity index (χ1n) is 8.36. The van der Waals surface area contributed by atoms with Crippen molar-refractivity contribution in [1.29, 1.82) is 0 Å². The van der Waals surface area contributed by atoms with Crippen molar-refractivity contribution in [1.82, 2.24) is 0 Å². The van der Waals surface area contributed by atoms with Crippen LogP contribution in [0.25, 0.3) is 0 Å². The molecule has 0 N–H and O–H groups in total. The summed E-state index contributed by atoms with van der Waals surface area (Å²) in [7, 11) is 0. The molecule has 0 atom stereocenters. The van der Waals surface area contributed by atoms with E-state index in [0.717, 1.165) is 19.3 Å². The largest absolute Gasteiger partial charge is 0.455 e. The van der Waals surface area contributed by atoms with Crippen LogP contribution in [0.3, 0.4) is 0 Å². The lowest BCUT2D eigenvalue weighted by atomic mass is 9.74. The molecule has 116 valence electrons. The second kappa shape index (κ2) is 7.85. The van der Waals surface area contributed by atoms with E-state index in [-0.39, 0.29) is 11.6 Å². The van der Waals surface area contributed by atoms with Gasteiger partial charge in [-0.15, -0.1) is 0 Å². The molecule has 2 heteroatoms. The molecule has 0 bridgehead atoms. The third-order valence-corrected chi connectivity index (χ3v) is 4.79. The lowest BCUT2D eigenvalue weighted by Gasteiger charge is -2.41. The summed E-state index contributed by atoms with van der Waals surface area (Å²) in [6, 6.07) is 0. The minimum atomic E-state index is -0.266. The Morgan fingerprint density at radius 2 is 1.75 bits per heavy atom. The quantitative estimate of drug-likeness (QED) is 0.469. The summed E-state index contributed by atoms with van der Waals surface area (Å²) in [5.74, 6) is 0.803. The van der Waals surface area contributed by atoms with Crippen LogP contribution in [-0.4, -0.2) is 11.6 Å². The van der Waals surface area contributed by atoms with Gasteiger partial charge in [-0.2, -0.15) is 0 Å². The number of ether oxygens (including phenoxy) is 1. The average molecular weight is 280 g/mol. The monoisotopic (exact) mass is 280 g/mol. The van der Waals surface area contributed by atoms with Gasteiger partial charge in [-0.1, -0.05) is 53.5 Å². The number of hydrogen-bond donors (Lipinski definition) is 0. The smallest absolute Gasteiger partial charge is 0.333 e. The Balaban J connectivity index is 2.74. The second-order valence-corrected chi connectivity index (χ2v) is 6.70. The Morgan fingerprint density at radius 1 is 1.20 bits per heavy atom. The Bertz CT molecular complexity index is 320. The number of rotatable bonds is 7. The highest BCUT2D eigenvalue weighted by Crippen LogP contribution is 2.40. The van der Waals surface area contributed by atoms with Crippen molar-refractivity contribution in [3.8, 4) is 0 Å². The van der Waals surface area contributed by atoms with Crippen LogP contribution < -0.4 is 0 Å². The first-order chi connectivity index (χ1) is 9.45. The van der Waals surface area contributed by atoms with Crippen molar-refractivity contribution in [3.63, 3.8) is 0 Å². The van der Waals surface area contributed by atoms with E-state index in [0.29, 0.717) is 17.4 Å². The number of carbonyl (C=O) groups is 1. The minimum Gasteiger partial charge on any atom is -0.455 e. The van der Waals surface area contributed by atoms with Gasteiger partial charge in [0.1, 0.15) is 5.60 Å². The number of hydrogen-bond acceptors (Lipinski definition) is 2. The predicted molar refractivity (Wildman–Crippen MR) is 84.6 cm³/mol. The van der Waals surface area contributed by atoms with Crippen LogP contribution in [0.4, 0.5) is 0 Å². The van der Waals surface area contributed by atoms with Gasteiger partial charge in [-0.3, -0.25) is 0 Å². The normalized spacial score (nSPS) is 17.2. The van der Waals surface area contributed by atoms with Gasteiger partial charge in [-0.05, 0) is 43.9 Å². The summed E-state index contributed by atoms with van der Waals surface area (Å²) in [5.41, 5.74) is 0.360. The molecule has 0 aliphatic heterocycles. The summed E-state index contributed by atoms with van der Waals surface area (Å²) in [6.07, 6.45) is 8.83. The molecule has 0 saturated heterocycles. The Labute approximate surface area is 125 Å². The van der Waals surface area contributed by atoms with Gasteiger partial charge in [0.15, 0.2) is 0 Å². The molecule has 1 rings (SSSR count). The number of esters is 1. The Morgan fingerprint density at radius 3 is 2.20 bits per heavy atom. The highest BCUT2D eigenvalue weighted by Gasteiger charge is 2.40. The van der Waals surface area contributed by atoms with Crippen LogP contribution in [0.15, 0.2) is 12.2 Å². The van der Waals surface area contributed by atoms with Crippen LogP contribution >= 0.6 is 0 Å². The van der Waals surface area contributed by atoms with Crippen molar-refractivity contribution in [3.05, 3.63) is 12.2 Å². The summed E-state index contributed by atoms with van der Waals surface area (Å²) in [4.78, 5) is 12.3. The van der Waals surface area contributed by atoms with Gasteiger partial charge >= 0.3 is 5.97 Å². The van der Waals surface area contributed by atoms with E-state index in [1.54, 1.807) is 0 Å². The van der Waals surface area contributed by atoms with Gasteiger partial charge in [0.2, 0.25) is 0 Å².